The van der Waals surface area contributed by atoms with Crippen LogP contribution in [0.2, 0.25) is 0 Å². The van der Waals surface area contributed by atoms with Gasteiger partial charge in [0.1, 0.15) is 5.58 Å². The Morgan fingerprint density at radius 3 is 2.30 bits per heavy atom. The lowest BCUT2D eigenvalue weighted by Crippen LogP contribution is -2.30. The number of aliphatic hydroxyl groups excluding tert-OH is 1. The number of fused-ring (bicyclic) bond motifs is 1. The zero-order valence-electron chi connectivity index (χ0n) is 20.4. The molecular formula is C28H24N2O7. The van der Waals surface area contributed by atoms with E-state index in [4.69, 9.17) is 18.6 Å². The number of pyridine rings is 1. The highest BCUT2D eigenvalue weighted by Crippen LogP contribution is 2.46. The molecule has 5 rings (SSSR count). The van der Waals surface area contributed by atoms with Gasteiger partial charge in [-0.25, -0.2) is 0 Å². The molecule has 9 nitrogen and oxygen atoms in total. The fraction of sp³-hybridized carbons (Fsp3) is 0.179. The summed E-state index contributed by atoms with van der Waals surface area (Å²) < 4.78 is 22.2. The fourth-order valence-electron chi connectivity index (χ4n) is 4.57. The van der Waals surface area contributed by atoms with E-state index in [0.717, 1.165) is 10.9 Å². The van der Waals surface area contributed by atoms with Crippen molar-refractivity contribution < 1.29 is 33.3 Å². The summed E-state index contributed by atoms with van der Waals surface area (Å²) in [6.45, 7) is 0.115. The van der Waals surface area contributed by atoms with Crippen LogP contribution in [0.5, 0.6) is 17.2 Å². The van der Waals surface area contributed by atoms with Crippen molar-refractivity contribution in [3.8, 4) is 17.2 Å². The van der Waals surface area contributed by atoms with E-state index in [0.29, 0.717) is 28.4 Å². The molecule has 188 valence electrons. The first-order valence-electron chi connectivity index (χ1n) is 11.4. The maximum absolute atomic E-state index is 13.8. The van der Waals surface area contributed by atoms with E-state index in [1.165, 1.54) is 26.2 Å². The number of benzene rings is 2. The SMILES string of the molecule is COc1cc(C2C(C(=O)c3cc4ccccc4o3)=C(O)C(=O)N2Cc2ccncc2)cc(OC)c1OC. The number of carbonyl (C=O) groups is 2. The van der Waals surface area contributed by atoms with Crippen LogP contribution in [0.4, 0.5) is 0 Å². The number of methoxy groups -OCH3 is 3. The molecule has 1 aliphatic rings. The van der Waals surface area contributed by atoms with Gasteiger partial charge >= 0.3 is 0 Å². The first-order chi connectivity index (χ1) is 18.0. The largest absolute Gasteiger partial charge is 0.503 e. The number of furan rings is 1. The van der Waals surface area contributed by atoms with E-state index >= 15 is 0 Å². The number of hydrogen-bond donors (Lipinski definition) is 1. The van der Waals surface area contributed by atoms with Crippen LogP contribution in [-0.2, 0) is 11.3 Å². The Hall–Kier alpha value is -4.79. The first kappa shape index (κ1) is 23.9. The molecule has 0 saturated heterocycles. The third-order valence-electron chi connectivity index (χ3n) is 6.30. The lowest BCUT2D eigenvalue weighted by Gasteiger charge is -2.27. The number of aliphatic hydroxyl groups is 1. The summed E-state index contributed by atoms with van der Waals surface area (Å²) in [5.41, 5.74) is 1.67. The summed E-state index contributed by atoms with van der Waals surface area (Å²) in [7, 11) is 4.43. The van der Waals surface area contributed by atoms with Crippen LogP contribution in [0.15, 0.2) is 82.7 Å². The molecule has 37 heavy (non-hydrogen) atoms. The Bertz CT molecular complexity index is 1470. The molecule has 1 unspecified atom stereocenters. The predicted octanol–water partition coefficient (Wildman–Crippen LogP) is 4.63. The second-order valence-electron chi connectivity index (χ2n) is 8.39. The number of Topliss-reactive ketones (excluding diaryl/α,β-unsaturated/α-hetero) is 1. The molecule has 0 fully saturated rings. The second kappa shape index (κ2) is 9.69. The molecule has 0 spiro atoms. The standard InChI is InChI=1S/C28H24N2O7/c1-34-21-13-18(14-22(35-2)27(21)36-3)24-23(25(31)20-12-17-6-4-5-7-19(17)37-20)26(32)28(33)30(24)15-16-8-10-29-11-9-16/h4-14,24,32H,15H2,1-3H3. The molecular weight excluding hydrogens is 476 g/mol. The van der Waals surface area contributed by atoms with Gasteiger partial charge in [0.05, 0.1) is 32.9 Å². The Morgan fingerprint density at radius 1 is 1.00 bits per heavy atom. The van der Waals surface area contributed by atoms with Crippen LogP contribution in [0.3, 0.4) is 0 Å². The topological polar surface area (TPSA) is 111 Å². The van der Waals surface area contributed by atoms with Gasteiger partial charge in [0.2, 0.25) is 11.5 Å². The Balaban J connectivity index is 1.67. The summed E-state index contributed by atoms with van der Waals surface area (Å²) in [4.78, 5) is 32.6. The van der Waals surface area contributed by atoms with Crippen molar-refractivity contribution in [2.24, 2.45) is 0 Å². The van der Waals surface area contributed by atoms with Gasteiger partial charge in [-0.15, -0.1) is 0 Å². The number of ketones is 1. The van der Waals surface area contributed by atoms with Gasteiger partial charge in [-0.1, -0.05) is 18.2 Å². The number of rotatable bonds is 8. The van der Waals surface area contributed by atoms with Crippen molar-refractivity contribution in [3.05, 3.63) is 95.2 Å². The molecule has 2 aromatic carbocycles. The second-order valence-corrected chi connectivity index (χ2v) is 8.39. The molecule has 0 radical (unpaired) electrons. The van der Waals surface area contributed by atoms with Gasteiger partial charge in [-0.3, -0.25) is 14.6 Å². The highest BCUT2D eigenvalue weighted by Gasteiger charge is 2.45. The molecule has 1 aliphatic heterocycles. The summed E-state index contributed by atoms with van der Waals surface area (Å²) in [5, 5.41) is 11.8. The first-order valence-corrected chi connectivity index (χ1v) is 11.4. The lowest BCUT2D eigenvalue weighted by atomic mass is 9.94. The number of amides is 1. The highest BCUT2D eigenvalue weighted by atomic mass is 16.5. The molecule has 1 N–H and O–H groups in total. The van der Waals surface area contributed by atoms with Crippen LogP contribution in [0, 0.1) is 0 Å². The van der Waals surface area contributed by atoms with Gasteiger partial charge in [-0.2, -0.15) is 0 Å². The minimum atomic E-state index is -0.963. The maximum Gasteiger partial charge on any atom is 0.290 e. The van der Waals surface area contributed by atoms with E-state index in [1.54, 1.807) is 54.9 Å². The fourth-order valence-corrected chi connectivity index (χ4v) is 4.57. The number of carbonyl (C=O) groups excluding carboxylic acids is 2. The molecule has 2 aromatic heterocycles. The highest BCUT2D eigenvalue weighted by molar-refractivity contribution is 6.16. The van der Waals surface area contributed by atoms with E-state index in [1.807, 2.05) is 12.1 Å². The molecule has 1 atom stereocenters. The quantitative estimate of drug-likeness (QED) is 0.349. The number of aromatic nitrogens is 1. The monoisotopic (exact) mass is 500 g/mol. The summed E-state index contributed by atoms with van der Waals surface area (Å²) in [6, 6.07) is 14.7. The van der Waals surface area contributed by atoms with Crippen molar-refractivity contribution in [1.82, 2.24) is 9.88 Å². The number of ether oxygens (including phenoxy) is 3. The number of hydrogen-bond acceptors (Lipinski definition) is 8. The van der Waals surface area contributed by atoms with Crippen molar-refractivity contribution in [2.45, 2.75) is 12.6 Å². The van der Waals surface area contributed by atoms with Gasteiger partial charge in [0, 0.05) is 24.3 Å². The van der Waals surface area contributed by atoms with Crippen molar-refractivity contribution in [3.63, 3.8) is 0 Å². The number of para-hydroxylation sites is 1. The van der Waals surface area contributed by atoms with Gasteiger partial charge < -0.3 is 28.6 Å². The lowest BCUT2D eigenvalue weighted by molar-refractivity contribution is -0.130. The van der Waals surface area contributed by atoms with E-state index in [-0.39, 0.29) is 17.9 Å². The predicted molar refractivity (Wildman–Crippen MR) is 134 cm³/mol. The van der Waals surface area contributed by atoms with Gasteiger partial charge in [0.15, 0.2) is 23.0 Å². The van der Waals surface area contributed by atoms with Crippen LogP contribution in [-0.4, -0.2) is 48.0 Å². The zero-order valence-corrected chi connectivity index (χ0v) is 20.4. The average molecular weight is 501 g/mol. The summed E-state index contributed by atoms with van der Waals surface area (Å²) >= 11 is 0. The van der Waals surface area contributed by atoms with Crippen molar-refractivity contribution >= 4 is 22.7 Å². The molecule has 0 bridgehead atoms. The summed E-state index contributed by atoms with van der Waals surface area (Å²) in [5.74, 6) is -0.868. The molecule has 9 heteroatoms. The normalized spacial score (nSPS) is 15.4. The molecule has 0 aliphatic carbocycles. The average Bonchev–Trinajstić information content (AvgIpc) is 3.47. The van der Waals surface area contributed by atoms with Gasteiger partial charge in [0.25, 0.3) is 5.91 Å². The number of nitrogens with zero attached hydrogens (tertiary/aromatic N) is 2. The smallest absolute Gasteiger partial charge is 0.290 e. The Morgan fingerprint density at radius 2 is 1.68 bits per heavy atom. The van der Waals surface area contributed by atoms with Crippen molar-refractivity contribution in [1.29, 1.82) is 0 Å². The van der Waals surface area contributed by atoms with Crippen LogP contribution in [0.1, 0.15) is 27.7 Å². The minimum absolute atomic E-state index is 0.0127. The molecule has 4 aromatic rings. The van der Waals surface area contributed by atoms with E-state index < -0.39 is 23.5 Å². The molecule has 3 heterocycles. The Kier molecular flexibility index (Phi) is 6.27. The van der Waals surface area contributed by atoms with Gasteiger partial charge in [-0.05, 0) is 47.5 Å². The van der Waals surface area contributed by atoms with E-state index in [2.05, 4.69) is 4.98 Å². The van der Waals surface area contributed by atoms with E-state index in [9.17, 15) is 14.7 Å². The molecule has 1 amide bonds. The van der Waals surface area contributed by atoms with Crippen LogP contribution >= 0.6 is 0 Å². The third-order valence-corrected chi connectivity index (χ3v) is 6.30. The Labute approximate surface area is 212 Å². The van der Waals surface area contributed by atoms with Crippen LogP contribution in [0.25, 0.3) is 11.0 Å². The van der Waals surface area contributed by atoms with Crippen LogP contribution < -0.4 is 14.2 Å². The minimum Gasteiger partial charge on any atom is -0.503 e. The summed E-state index contributed by atoms with van der Waals surface area (Å²) in [6.07, 6.45) is 3.22. The zero-order chi connectivity index (χ0) is 26.1. The maximum atomic E-state index is 13.8. The van der Waals surface area contributed by atoms with Crippen molar-refractivity contribution in [2.75, 3.05) is 21.3 Å². The molecule has 0 saturated carbocycles. The third kappa shape index (κ3) is 4.14.